The van der Waals surface area contributed by atoms with Gasteiger partial charge in [-0.2, -0.15) is 0 Å². The van der Waals surface area contributed by atoms with E-state index in [1.165, 1.54) is 0 Å². The topological polar surface area (TPSA) is 115 Å². The minimum absolute atomic E-state index is 0.0236. The maximum atomic E-state index is 12.1. The molecule has 1 amide bonds. The lowest BCUT2D eigenvalue weighted by atomic mass is 10.1. The molecule has 0 bridgehead atoms. The van der Waals surface area contributed by atoms with Crippen molar-refractivity contribution in [3.05, 3.63) is 65.7 Å². The van der Waals surface area contributed by atoms with Crippen molar-refractivity contribution in [2.45, 2.75) is 38.6 Å². The Morgan fingerprint density at radius 3 is 2.19 bits per heavy atom. The number of benzene rings is 2. The Hall–Kier alpha value is -3.19. The molecule has 31 heavy (non-hydrogen) atoms. The van der Waals surface area contributed by atoms with Crippen LogP contribution in [0.25, 0.3) is 0 Å². The lowest BCUT2D eigenvalue weighted by molar-refractivity contribution is -0.124. The number of hydrogen-bond acceptors (Lipinski definition) is 5. The van der Waals surface area contributed by atoms with E-state index in [1.807, 2.05) is 54.6 Å². The van der Waals surface area contributed by atoms with Gasteiger partial charge in [0.15, 0.2) is 0 Å². The fourth-order valence-electron chi connectivity index (χ4n) is 3.00. The van der Waals surface area contributed by atoms with Crippen LogP contribution >= 0.6 is 0 Å². The highest BCUT2D eigenvalue weighted by Crippen LogP contribution is 2.13. The van der Waals surface area contributed by atoms with Gasteiger partial charge in [0.1, 0.15) is 17.4 Å². The Balaban J connectivity index is 2.04. The number of ether oxygens (including phenoxy) is 1. The van der Waals surface area contributed by atoms with Gasteiger partial charge < -0.3 is 20.7 Å². The SMILES string of the molecule is COc1ccc(CCN(C(=N)CCc2ccccc2)C(=N)CNC(=O)C(C)(C)N)cc1. The summed E-state index contributed by atoms with van der Waals surface area (Å²) in [5.41, 5.74) is 7.03. The molecule has 0 aromatic heterocycles. The van der Waals surface area contributed by atoms with Gasteiger partial charge in [-0.25, -0.2) is 0 Å². The molecule has 7 nitrogen and oxygen atoms in total. The number of methoxy groups -OCH3 is 1. The molecule has 0 fully saturated rings. The molecule has 2 aromatic rings. The first-order chi connectivity index (χ1) is 14.7. The van der Waals surface area contributed by atoms with Crippen molar-refractivity contribution in [2.75, 3.05) is 20.2 Å². The van der Waals surface area contributed by atoms with Crippen molar-refractivity contribution in [3.8, 4) is 5.75 Å². The molecule has 0 aliphatic rings. The maximum Gasteiger partial charge on any atom is 0.239 e. The molecule has 166 valence electrons. The van der Waals surface area contributed by atoms with Gasteiger partial charge in [0.25, 0.3) is 0 Å². The predicted octanol–water partition coefficient (Wildman–Crippen LogP) is 2.98. The summed E-state index contributed by atoms with van der Waals surface area (Å²) in [5.74, 6) is 0.979. The molecular weight excluding hydrogens is 390 g/mol. The van der Waals surface area contributed by atoms with Crippen molar-refractivity contribution in [2.24, 2.45) is 5.73 Å². The monoisotopic (exact) mass is 423 g/mol. The van der Waals surface area contributed by atoms with E-state index in [-0.39, 0.29) is 18.3 Å². The van der Waals surface area contributed by atoms with Crippen molar-refractivity contribution in [1.29, 1.82) is 10.8 Å². The summed E-state index contributed by atoms with van der Waals surface area (Å²) in [6.07, 6.45) is 1.88. The van der Waals surface area contributed by atoms with E-state index in [0.717, 1.165) is 16.9 Å². The van der Waals surface area contributed by atoms with Gasteiger partial charge in [-0.1, -0.05) is 42.5 Å². The normalized spacial score (nSPS) is 11.0. The Morgan fingerprint density at radius 2 is 1.61 bits per heavy atom. The third kappa shape index (κ3) is 7.86. The molecule has 0 saturated carbocycles. The molecule has 0 saturated heterocycles. The number of amides is 1. The van der Waals surface area contributed by atoms with Crippen LogP contribution in [0.2, 0.25) is 0 Å². The standard InChI is InChI=1S/C24H33N5O2/c1-24(2,27)23(30)28-17-22(26)29(16-15-19-9-12-20(31-3)13-10-19)21(25)14-11-18-7-5-4-6-8-18/h4-10,12-13,25-26H,11,14-17,27H2,1-3H3,(H,28,30). The van der Waals surface area contributed by atoms with Crippen molar-refractivity contribution >= 4 is 17.6 Å². The number of amidine groups is 2. The van der Waals surface area contributed by atoms with E-state index < -0.39 is 5.54 Å². The van der Waals surface area contributed by atoms with E-state index in [0.29, 0.717) is 31.6 Å². The zero-order chi connectivity index (χ0) is 22.9. The highest BCUT2D eigenvalue weighted by molar-refractivity contribution is 6.00. The highest BCUT2D eigenvalue weighted by atomic mass is 16.5. The molecule has 7 heteroatoms. The number of hydrogen-bond donors (Lipinski definition) is 4. The van der Waals surface area contributed by atoms with Crippen LogP contribution in [-0.2, 0) is 17.6 Å². The Kier molecular flexibility index (Phi) is 8.75. The largest absolute Gasteiger partial charge is 0.497 e. The highest BCUT2D eigenvalue weighted by Gasteiger charge is 2.23. The Labute approximate surface area is 184 Å². The maximum absolute atomic E-state index is 12.1. The van der Waals surface area contributed by atoms with Crippen molar-refractivity contribution in [1.82, 2.24) is 10.2 Å². The van der Waals surface area contributed by atoms with E-state index in [1.54, 1.807) is 25.9 Å². The number of aryl methyl sites for hydroxylation is 1. The lowest BCUT2D eigenvalue weighted by Crippen LogP contribution is -2.52. The van der Waals surface area contributed by atoms with Crippen LogP contribution in [0.4, 0.5) is 0 Å². The number of nitrogens with zero attached hydrogens (tertiary/aromatic N) is 1. The summed E-state index contributed by atoms with van der Waals surface area (Å²) in [7, 11) is 1.63. The van der Waals surface area contributed by atoms with E-state index in [2.05, 4.69) is 5.32 Å². The molecular formula is C24H33N5O2. The summed E-state index contributed by atoms with van der Waals surface area (Å²) in [5, 5.41) is 19.8. The van der Waals surface area contributed by atoms with Crippen LogP contribution in [0, 0.1) is 10.8 Å². The fourth-order valence-corrected chi connectivity index (χ4v) is 3.00. The van der Waals surface area contributed by atoms with Crippen LogP contribution in [0.5, 0.6) is 5.75 Å². The average molecular weight is 424 g/mol. The van der Waals surface area contributed by atoms with Gasteiger partial charge in [0, 0.05) is 13.0 Å². The minimum atomic E-state index is -1.02. The zero-order valence-electron chi connectivity index (χ0n) is 18.6. The van der Waals surface area contributed by atoms with Gasteiger partial charge in [0.2, 0.25) is 5.91 Å². The Bertz CT molecular complexity index is 873. The van der Waals surface area contributed by atoms with Gasteiger partial charge in [0.05, 0.1) is 19.2 Å². The molecule has 0 aliphatic carbocycles. The Morgan fingerprint density at radius 1 is 1.00 bits per heavy atom. The van der Waals surface area contributed by atoms with E-state index >= 15 is 0 Å². The number of rotatable bonds is 10. The first kappa shape index (κ1) is 24.1. The molecule has 0 unspecified atom stereocenters. The summed E-state index contributed by atoms with van der Waals surface area (Å²) < 4.78 is 5.20. The van der Waals surface area contributed by atoms with Gasteiger partial charge in [-0.15, -0.1) is 0 Å². The predicted molar refractivity (Wildman–Crippen MR) is 125 cm³/mol. The molecule has 2 aromatic carbocycles. The lowest BCUT2D eigenvalue weighted by Gasteiger charge is -2.27. The van der Waals surface area contributed by atoms with Crippen LogP contribution in [0.3, 0.4) is 0 Å². The number of carbonyl (C=O) groups excluding carboxylic acids is 1. The van der Waals surface area contributed by atoms with Crippen LogP contribution in [-0.4, -0.2) is 48.2 Å². The van der Waals surface area contributed by atoms with Crippen molar-refractivity contribution in [3.63, 3.8) is 0 Å². The fraction of sp³-hybridized carbons (Fsp3) is 0.375. The van der Waals surface area contributed by atoms with Gasteiger partial charge in [-0.05, 0) is 49.9 Å². The molecule has 0 heterocycles. The summed E-state index contributed by atoms with van der Waals surface area (Å²) in [4.78, 5) is 13.8. The molecule has 0 radical (unpaired) electrons. The van der Waals surface area contributed by atoms with Gasteiger partial charge in [-0.3, -0.25) is 15.6 Å². The zero-order valence-corrected chi connectivity index (χ0v) is 18.6. The smallest absolute Gasteiger partial charge is 0.239 e. The van der Waals surface area contributed by atoms with Crippen LogP contribution < -0.4 is 15.8 Å². The molecule has 0 aliphatic heterocycles. The quantitative estimate of drug-likeness (QED) is 0.347. The summed E-state index contributed by atoms with van der Waals surface area (Å²) >= 11 is 0. The second kappa shape index (κ2) is 11.3. The number of nitrogens with two attached hydrogens (primary N) is 1. The van der Waals surface area contributed by atoms with E-state index in [4.69, 9.17) is 21.3 Å². The summed E-state index contributed by atoms with van der Waals surface area (Å²) in [6, 6.07) is 17.7. The number of nitrogens with one attached hydrogen (secondary N) is 3. The molecule has 5 N–H and O–H groups in total. The van der Waals surface area contributed by atoms with Crippen LogP contribution in [0.15, 0.2) is 54.6 Å². The second-order valence-electron chi connectivity index (χ2n) is 8.03. The third-order valence-corrected chi connectivity index (χ3v) is 4.93. The first-order valence-corrected chi connectivity index (χ1v) is 10.4. The minimum Gasteiger partial charge on any atom is -0.497 e. The third-order valence-electron chi connectivity index (χ3n) is 4.93. The van der Waals surface area contributed by atoms with Crippen LogP contribution in [0.1, 0.15) is 31.4 Å². The molecule has 2 rings (SSSR count). The van der Waals surface area contributed by atoms with Crippen molar-refractivity contribution < 1.29 is 9.53 Å². The molecule has 0 atom stereocenters. The summed E-state index contributed by atoms with van der Waals surface area (Å²) in [6.45, 7) is 3.74. The second-order valence-corrected chi connectivity index (χ2v) is 8.03. The average Bonchev–Trinajstić information content (AvgIpc) is 2.76. The molecule has 0 spiro atoms. The van der Waals surface area contributed by atoms with E-state index in [9.17, 15) is 4.79 Å². The van der Waals surface area contributed by atoms with Gasteiger partial charge >= 0.3 is 0 Å². The first-order valence-electron chi connectivity index (χ1n) is 10.4. The number of carbonyl (C=O) groups is 1.